The zero-order valence-corrected chi connectivity index (χ0v) is 13.2. The summed E-state index contributed by atoms with van der Waals surface area (Å²) < 4.78 is 0. The quantitative estimate of drug-likeness (QED) is 0.685. The number of aryl methyl sites for hydroxylation is 1. The smallest absolute Gasteiger partial charge is 0.0133 e. The second-order valence-electron chi connectivity index (χ2n) is 5.58. The Kier molecular flexibility index (Phi) is 7.81. The van der Waals surface area contributed by atoms with Gasteiger partial charge in [-0.1, -0.05) is 64.3 Å². The van der Waals surface area contributed by atoms with Crippen LogP contribution in [0.4, 0.5) is 0 Å². The fourth-order valence-electron chi connectivity index (χ4n) is 2.83. The van der Waals surface area contributed by atoms with Gasteiger partial charge in [-0.25, -0.2) is 0 Å². The number of hydrogen-bond donors (Lipinski definition) is 1. The Hall–Kier alpha value is -0.820. The van der Waals surface area contributed by atoms with Crippen molar-refractivity contribution in [1.29, 1.82) is 0 Å². The number of nitrogens with one attached hydrogen (secondary N) is 1. The Morgan fingerprint density at radius 1 is 1.00 bits per heavy atom. The van der Waals surface area contributed by atoms with Crippen LogP contribution in [0.25, 0.3) is 0 Å². The van der Waals surface area contributed by atoms with Crippen molar-refractivity contribution < 1.29 is 0 Å². The second-order valence-corrected chi connectivity index (χ2v) is 5.58. The number of likely N-dealkylation sites (N-methyl/N-ethyl adjacent to an activating group) is 1. The first-order valence-corrected chi connectivity index (χ1v) is 8.00. The predicted octanol–water partition coefficient (Wildman–Crippen LogP) is 4.60. The average molecular weight is 261 g/mol. The molecule has 0 saturated heterocycles. The van der Waals surface area contributed by atoms with E-state index in [9.17, 15) is 0 Å². The van der Waals surface area contributed by atoms with E-state index in [0.29, 0.717) is 6.04 Å². The van der Waals surface area contributed by atoms with E-state index in [1.165, 1.54) is 36.8 Å². The topological polar surface area (TPSA) is 12.0 Å². The van der Waals surface area contributed by atoms with Crippen molar-refractivity contribution in [2.45, 2.75) is 65.3 Å². The van der Waals surface area contributed by atoms with Gasteiger partial charge in [-0.3, -0.25) is 0 Å². The molecule has 1 aromatic carbocycles. The van der Waals surface area contributed by atoms with Crippen LogP contribution in [0.3, 0.4) is 0 Å². The lowest BCUT2D eigenvalue weighted by molar-refractivity contribution is 0.330. The Labute approximate surface area is 119 Å². The zero-order chi connectivity index (χ0) is 14.1. The fourth-order valence-corrected chi connectivity index (χ4v) is 2.83. The van der Waals surface area contributed by atoms with E-state index in [1.807, 2.05) is 0 Å². The zero-order valence-electron chi connectivity index (χ0n) is 13.2. The monoisotopic (exact) mass is 261 g/mol. The summed E-state index contributed by atoms with van der Waals surface area (Å²) >= 11 is 0. The van der Waals surface area contributed by atoms with E-state index < -0.39 is 0 Å². The van der Waals surface area contributed by atoms with Gasteiger partial charge >= 0.3 is 0 Å². The van der Waals surface area contributed by atoms with Gasteiger partial charge in [0.2, 0.25) is 0 Å². The number of benzene rings is 1. The molecule has 1 rings (SSSR count). The third-order valence-electron chi connectivity index (χ3n) is 4.28. The maximum absolute atomic E-state index is 3.54. The van der Waals surface area contributed by atoms with Crippen molar-refractivity contribution in [3.8, 4) is 0 Å². The van der Waals surface area contributed by atoms with E-state index in [1.54, 1.807) is 0 Å². The Morgan fingerprint density at radius 2 is 1.63 bits per heavy atom. The third-order valence-corrected chi connectivity index (χ3v) is 4.28. The molecule has 0 bridgehead atoms. The molecule has 2 unspecified atom stereocenters. The minimum Gasteiger partial charge on any atom is -0.316 e. The van der Waals surface area contributed by atoms with Gasteiger partial charge in [-0.05, 0) is 43.4 Å². The second kappa shape index (κ2) is 9.14. The molecule has 0 aromatic heterocycles. The molecule has 108 valence electrons. The number of unbranched alkanes of at least 4 members (excludes halogenated alkanes) is 1. The Bertz CT molecular complexity index is 328. The van der Waals surface area contributed by atoms with Crippen molar-refractivity contribution in [1.82, 2.24) is 5.32 Å². The van der Waals surface area contributed by atoms with Crippen LogP contribution in [0.5, 0.6) is 0 Å². The molecule has 0 amide bonds. The molecule has 0 saturated carbocycles. The normalized spacial score (nSPS) is 14.3. The lowest BCUT2D eigenvalue weighted by Crippen LogP contribution is -2.35. The highest BCUT2D eigenvalue weighted by molar-refractivity contribution is 5.23. The van der Waals surface area contributed by atoms with Crippen LogP contribution in [0.15, 0.2) is 24.3 Å². The minimum atomic E-state index is 0.615. The van der Waals surface area contributed by atoms with E-state index in [0.717, 1.165) is 18.8 Å². The molecule has 0 spiro atoms. The number of rotatable bonds is 9. The summed E-state index contributed by atoms with van der Waals surface area (Å²) in [6.45, 7) is 6.82. The van der Waals surface area contributed by atoms with Crippen LogP contribution in [0, 0.1) is 5.92 Å². The fraction of sp³-hybridized carbons (Fsp3) is 0.667. The summed E-state index contributed by atoms with van der Waals surface area (Å²) in [6, 6.07) is 9.76. The molecule has 1 N–H and O–H groups in total. The SMILES string of the molecule is CCCCC(CC)C(Cc1ccc(CC)cc1)NC. The van der Waals surface area contributed by atoms with Crippen molar-refractivity contribution in [2.24, 2.45) is 5.92 Å². The van der Waals surface area contributed by atoms with Gasteiger partial charge in [0.1, 0.15) is 0 Å². The minimum absolute atomic E-state index is 0.615. The van der Waals surface area contributed by atoms with Crippen LogP contribution < -0.4 is 5.32 Å². The van der Waals surface area contributed by atoms with Gasteiger partial charge in [0, 0.05) is 6.04 Å². The number of hydrogen-bond acceptors (Lipinski definition) is 1. The van der Waals surface area contributed by atoms with E-state index in [2.05, 4.69) is 57.4 Å². The van der Waals surface area contributed by atoms with Crippen LogP contribution in [0.1, 0.15) is 57.6 Å². The molecule has 0 aliphatic rings. The molecule has 1 aromatic rings. The Balaban J connectivity index is 2.62. The van der Waals surface area contributed by atoms with Gasteiger partial charge in [-0.2, -0.15) is 0 Å². The molecule has 0 aliphatic heterocycles. The first-order chi connectivity index (χ1) is 9.24. The van der Waals surface area contributed by atoms with Crippen molar-refractivity contribution in [2.75, 3.05) is 7.05 Å². The largest absolute Gasteiger partial charge is 0.316 e. The standard InChI is InChI=1S/C18H31N/c1-5-8-9-17(7-3)18(19-4)14-16-12-10-15(6-2)11-13-16/h10-13,17-19H,5-9,14H2,1-4H3. The van der Waals surface area contributed by atoms with Crippen LogP contribution in [-0.2, 0) is 12.8 Å². The first-order valence-electron chi connectivity index (χ1n) is 8.00. The van der Waals surface area contributed by atoms with Crippen LogP contribution in [0.2, 0.25) is 0 Å². The average Bonchev–Trinajstić information content (AvgIpc) is 2.47. The summed E-state index contributed by atoms with van der Waals surface area (Å²) in [5, 5.41) is 3.54. The molecule has 0 fully saturated rings. The van der Waals surface area contributed by atoms with E-state index in [4.69, 9.17) is 0 Å². The summed E-state index contributed by atoms with van der Waals surface area (Å²) in [5.41, 5.74) is 2.90. The summed E-state index contributed by atoms with van der Waals surface area (Å²) in [4.78, 5) is 0. The molecule has 1 heteroatoms. The van der Waals surface area contributed by atoms with Gasteiger partial charge in [0.05, 0.1) is 0 Å². The van der Waals surface area contributed by atoms with Gasteiger partial charge in [-0.15, -0.1) is 0 Å². The molecule has 2 atom stereocenters. The van der Waals surface area contributed by atoms with Crippen LogP contribution >= 0.6 is 0 Å². The maximum atomic E-state index is 3.54. The van der Waals surface area contributed by atoms with E-state index in [-0.39, 0.29) is 0 Å². The van der Waals surface area contributed by atoms with Crippen molar-refractivity contribution in [3.05, 3.63) is 35.4 Å². The summed E-state index contributed by atoms with van der Waals surface area (Å²) in [5.74, 6) is 0.802. The summed E-state index contributed by atoms with van der Waals surface area (Å²) in [6.07, 6.45) is 7.57. The molecule has 0 heterocycles. The Morgan fingerprint density at radius 3 is 2.11 bits per heavy atom. The lowest BCUT2D eigenvalue weighted by Gasteiger charge is -2.26. The van der Waals surface area contributed by atoms with E-state index >= 15 is 0 Å². The highest BCUT2D eigenvalue weighted by Crippen LogP contribution is 2.20. The summed E-state index contributed by atoms with van der Waals surface area (Å²) in [7, 11) is 2.11. The van der Waals surface area contributed by atoms with Gasteiger partial charge in [0.25, 0.3) is 0 Å². The predicted molar refractivity (Wildman–Crippen MR) is 85.7 cm³/mol. The molecular weight excluding hydrogens is 230 g/mol. The molecule has 1 nitrogen and oxygen atoms in total. The molecule has 0 aliphatic carbocycles. The van der Waals surface area contributed by atoms with Gasteiger partial charge < -0.3 is 5.32 Å². The highest BCUT2D eigenvalue weighted by atomic mass is 14.9. The van der Waals surface area contributed by atoms with Crippen molar-refractivity contribution in [3.63, 3.8) is 0 Å². The molecule has 19 heavy (non-hydrogen) atoms. The maximum Gasteiger partial charge on any atom is 0.0133 e. The molecule has 0 radical (unpaired) electrons. The van der Waals surface area contributed by atoms with Crippen molar-refractivity contribution >= 4 is 0 Å². The lowest BCUT2D eigenvalue weighted by atomic mass is 9.87. The first kappa shape index (κ1) is 16.2. The van der Waals surface area contributed by atoms with Gasteiger partial charge in [0.15, 0.2) is 0 Å². The highest BCUT2D eigenvalue weighted by Gasteiger charge is 2.18. The van der Waals surface area contributed by atoms with Crippen LogP contribution in [-0.4, -0.2) is 13.1 Å². The third kappa shape index (κ3) is 5.36. The molecular formula is C18H31N.